The number of hydrogen-bond donors (Lipinski definition) is 2. The zero-order valence-electron chi connectivity index (χ0n) is 11.7. The largest absolute Gasteiger partial charge is 0.481 e. The Kier molecular flexibility index (Phi) is 6.11. The van der Waals surface area contributed by atoms with E-state index >= 15 is 0 Å². The lowest BCUT2D eigenvalue weighted by Crippen LogP contribution is -2.49. The second kappa shape index (κ2) is 7.01. The quantitative estimate of drug-likeness (QED) is 0.526. The molecule has 0 aliphatic carbocycles. The molecule has 2 N–H and O–H groups in total. The van der Waals surface area contributed by atoms with E-state index < -0.39 is 38.7 Å². The number of hydrogen-bond acceptors (Lipinski definition) is 6. The number of aliphatic carboxylic acids is 1. The van der Waals surface area contributed by atoms with Gasteiger partial charge in [0.15, 0.2) is 9.84 Å². The molecule has 1 aliphatic heterocycles. The first-order valence-corrected chi connectivity index (χ1v) is 9.58. The third kappa shape index (κ3) is 4.88. The van der Waals surface area contributed by atoms with Crippen LogP contribution in [0.3, 0.4) is 0 Å². The summed E-state index contributed by atoms with van der Waals surface area (Å²) in [6, 6.07) is -0.723. The van der Waals surface area contributed by atoms with Crippen LogP contribution in [0.4, 0.5) is 0 Å². The summed E-state index contributed by atoms with van der Waals surface area (Å²) in [4.78, 5) is 10.5. The molecule has 9 nitrogen and oxygen atoms in total. The van der Waals surface area contributed by atoms with Crippen molar-refractivity contribution in [3.63, 3.8) is 0 Å². The number of aliphatic hydroxyl groups excluding tert-OH is 1. The Morgan fingerprint density at radius 3 is 2.38 bits per heavy atom. The Labute approximate surface area is 124 Å². The number of carbonyl (C=O) groups is 1. The van der Waals surface area contributed by atoms with Gasteiger partial charge in [0.2, 0.25) is 0 Å². The maximum absolute atomic E-state index is 12.4. The summed E-state index contributed by atoms with van der Waals surface area (Å²) in [5.74, 6) is -1.50. The summed E-state index contributed by atoms with van der Waals surface area (Å²) < 4.78 is 49.5. The Morgan fingerprint density at radius 2 is 1.95 bits per heavy atom. The Morgan fingerprint density at radius 1 is 1.33 bits per heavy atom. The van der Waals surface area contributed by atoms with Crippen LogP contribution in [0.15, 0.2) is 0 Å². The van der Waals surface area contributed by atoms with E-state index in [1.807, 2.05) is 0 Å². The lowest BCUT2D eigenvalue weighted by atomic mass is 10.3. The average Bonchev–Trinajstić information content (AvgIpc) is 2.72. The average molecular weight is 344 g/mol. The number of rotatable bonds is 8. The molecule has 1 unspecified atom stereocenters. The maximum Gasteiger partial charge on any atom is 0.304 e. The van der Waals surface area contributed by atoms with E-state index in [9.17, 15) is 21.6 Å². The topological polar surface area (TPSA) is 132 Å². The molecule has 0 aromatic rings. The molecule has 0 saturated carbocycles. The van der Waals surface area contributed by atoms with Crippen LogP contribution in [-0.4, -0.2) is 85.9 Å². The van der Waals surface area contributed by atoms with Gasteiger partial charge in [-0.05, 0) is 6.42 Å². The molecule has 1 atom stereocenters. The number of nitrogens with zero attached hydrogens (tertiary/aromatic N) is 2. The van der Waals surface area contributed by atoms with Crippen molar-refractivity contribution in [1.82, 2.24) is 8.61 Å². The zero-order valence-corrected chi connectivity index (χ0v) is 13.3. The zero-order chi connectivity index (χ0) is 16.3. The van der Waals surface area contributed by atoms with E-state index in [0.717, 1.165) is 8.61 Å². The predicted molar refractivity (Wildman–Crippen MR) is 74.7 cm³/mol. The normalized spacial score (nSPS) is 22.0. The van der Waals surface area contributed by atoms with Gasteiger partial charge in [-0.25, -0.2) is 8.42 Å². The number of carboxylic acids is 1. The molecule has 0 radical (unpaired) electrons. The van der Waals surface area contributed by atoms with Crippen molar-refractivity contribution in [2.75, 3.05) is 38.2 Å². The van der Waals surface area contributed by atoms with Crippen LogP contribution in [0.2, 0.25) is 0 Å². The molecule has 11 heteroatoms. The highest BCUT2D eigenvalue weighted by Gasteiger charge is 2.39. The van der Waals surface area contributed by atoms with Crippen LogP contribution >= 0.6 is 0 Å². The van der Waals surface area contributed by atoms with E-state index in [-0.39, 0.29) is 37.4 Å². The first-order valence-electron chi connectivity index (χ1n) is 6.36. The molecule has 0 spiro atoms. The molecule has 1 fully saturated rings. The SMILES string of the molecule is CN(CCC(=O)O)S(=O)(=O)N(CCO)C1CCS(=O)(=O)C1. The monoisotopic (exact) mass is 344 g/mol. The predicted octanol–water partition coefficient (Wildman–Crippen LogP) is -1.88. The minimum absolute atomic E-state index is 0.0893. The maximum atomic E-state index is 12.4. The van der Waals surface area contributed by atoms with Gasteiger partial charge in [0.05, 0.1) is 24.5 Å². The molecule has 1 rings (SSSR count). The van der Waals surface area contributed by atoms with E-state index in [1.165, 1.54) is 7.05 Å². The summed E-state index contributed by atoms with van der Waals surface area (Å²) >= 11 is 0. The number of aliphatic hydroxyl groups is 1. The van der Waals surface area contributed by atoms with Gasteiger partial charge in [-0.2, -0.15) is 17.0 Å². The van der Waals surface area contributed by atoms with Crippen molar-refractivity contribution >= 4 is 26.0 Å². The number of carboxylic acid groups (broad SMARTS) is 1. The van der Waals surface area contributed by atoms with Gasteiger partial charge in [-0.15, -0.1) is 0 Å². The highest BCUT2D eigenvalue weighted by Crippen LogP contribution is 2.21. The van der Waals surface area contributed by atoms with Crippen LogP contribution < -0.4 is 0 Å². The number of sulfone groups is 1. The fourth-order valence-corrected chi connectivity index (χ4v) is 5.51. The van der Waals surface area contributed by atoms with Crippen molar-refractivity contribution < 1.29 is 31.8 Å². The van der Waals surface area contributed by atoms with E-state index in [1.54, 1.807) is 0 Å². The highest BCUT2D eigenvalue weighted by molar-refractivity contribution is 7.91. The first kappa shape index (κ1) is 18.3. The summed E-state index contributed by atoms with van der Waals surface area (Å²) in [6.07, 6.45) is -0.181. The third-order valence-corrected chi connectivity index (χ3v) is 7.06. The van der Waals surface area contributed by atoms with E-state index in [2.05, 4.69) is 0 Å². The molecule has 0 aromatic heterocycles. The second-order valence-corrected chi connectivity index (χ2v) is 9.08. The summed E-state index contributed by atoms with van der Waals surface area (Å²) in [5.41, 5.74) is 0. The lowest BCUT2D eigenvalue weighted by molar-refractivity contribution is -0.137. The van der Waals surface area contributed by atoms with Gasteiger partial charge in [-0.1, -0.05) is 0 Å². The van der Waals surface area contributed by atoms with Crippen molar-refractivity contribution in [2.24, 2.45) is 0 Å². The summed E-state index contributed by atoms with van der Waals surface area (Å²) in [7, 11) is -6.06. The van der Waals surface area contributed by atoms with Gasteiger partial charge in [0, 0.05) is 26.2 Å². The van der Waals surface area contributed by atoms with Gasteiger partial charge in [-0.3, -0.25) is 4.79 Å². The Bertz CT molecular complexity index is 572. The fraction of sp³-hybridized carbons (Fsp3) is 0.900. The van der Waals surface area contributed by atoms with E-state index in [0.29, 0.717) is 0 Å². The molecule has 0 aromatic carbocycles. The molecule has 1 heterocycles. The van der Waals surface area contributed by atoms with Crippen molar-refractivity contribution in [2.45, 2.75) is 18.9 Å². The molecule has 124 valence electrons. The standard InChI is InChI=1S/C10H20N2O7S2/c1-11(4-2-10(14)15)21(18,19)12(5-6-13)9-3-7-20(16,17)8-9/h9,13H,2-8H2,1H3,(H,14,15). The van der Waals surface area contributed by atoms with E-state index in [4.69, 9.17) is 10.2 Å². The molecule has 0 amide bonds. The highest BCUT2D eigenvalue weighted by atomic mass is 32.2. The van der Waals surface area contributed by atoms with Crippen LogP contribution in [0.5, 0.6) is 0 Å². The second-order valence-electron chi connectivity index (χ2n) is 4.86. The minimum Gasteiger partial charge on any atom is -0.481 e. The van der Waals surface area contributed by atoms with Gasteiger partial charge >= 0.3 is 5.97 Å². The van der Waals surface area contributed by atoms with Crippen molar-refractivity contribution in [3.8, 4) is 0 Å². The Hall–Kier alpha value is -0.750. The van der Waals surface area contributed by atoms with Crippen LogP contribution in [-0.2, 0) is 24.8 Å². The van der Waals surface area contributed by atoms with Crippen LogP contribution in [0.1, 0.15) is 12.8 Å². The van der Waals surface area contributed by atoms with Crippen molar-refractivity contribution in [3.05, 3.63) is 0 Å². The summed E-state index contributed by atoms with van der Waals surface area (Å²) in [5, 5.41) is 17.6. The fourth-order valence-electron chi connectivity index (χ4n) is 2.13. The third-order valence-electron chi connectivity index (χ3n) is 3.27. The van der Waals surface area contributed by atoms with Crippen LogP contribution in [0.25, 0.3) is 0 Å². The summed E-state index contributed by atoms with van der Waals surface area (Å²) in [6.45, 7) is -0.887. The molecular formula is C10H20N2O7S2. The molecule has 21 heavy (non-hydrogen) atoms. The molecule has 1 aliphatic rings. The van der Waals surface area contributed by atoms with Gasteiger partial charge in [0.1, 0.15) is 0 Å². The van der Waals surface area contributed by atoms with Gasteiger partial charge in [0.25, 0.3) is 10.2 Å². The Balaban J connectivity index is 2.90. The van der Waals surface area contributed by atoms with Gasteiger partial charge < -0.3 is 10.2 Å². The smallest absolute Gasteiger partial charge is 0.304 e. The molecule has 0 bridgehead atoms. The van der Waals surface area contributed by atoms with Crippen LogP contribution in [0, 0.1) is 0 Å². The molecule has 1 saturated heterocycles. The lowest BCUT2D eigenvalue weighted by Gasteiger charge is -2.30. The molecular weight excluding hydrogens is 324 g/mol. The minimum atomic E-state index is -4.01. The van der Waals surface area contributed by atoms with Crippen molar-refractivity contribution in [1.29, 1.82) is 0 Å². The first-order chi connectivity index (χ1) is 9.60.